The number of carbonyl (C=O) groups excluding carboxylic acids is 1. The molecule has 0 aromatic carbocycles. The van der Waals surface area contributed by atoms with Gasteiger partial charge in [-0.3, -0.25) is 9.69 Å². The largest absolute Gasteiger partial charge is 0.367 e. The first-order valence-electron chi connectivity index (χ1n) is 11.1. The Labute approximate surface area is 176 Å². The van der Waals surface area contributed by atoms with Crippen molar-refractivity contribution in [2.45, 2.75) is 63.3 Å². The second-order valence-corrected chi connectivity index (χ2v) is 10.2. The van der Waals surface area contributed by atoms with Crippen molar-refractivity contribution in [3.8, 4) is 0 Å². The zero-order chi connectivity index (χ0) is 20.0. The molecule has 1 amide bonds. The number of aromatic nitrogens is 2. The van der Waals surface area contributed by atoms with E-state index in [-0.39, 0.29) is 5.91 Å². The number of piperidine rings is 1. The van der Waals surface area contributed by atoms with Crippen molar-refractivity contribution < 1.29 is 4.79 Å². The van der Waals surface area contributed by atoms with E-state index in [1.54, 1.807) is 4.90 Å². The van der Waals surface area contributed by atoms with Crippen LogP contribution in [0, 0.1) is 0 Å². The van der Waals surface area contributed by atoms with Gasteiger partial charge in [-0.1, -0.05) is 0 Å². The van der Waals surface area contributed by atoms with Crippen LogP contribution < -0.4 is 5.32 Å². The normalized spacial score (nSPS) is 20.6. The highest BCUT2D eigenvalue weighted by atomic mass is 32.1. The lowest BCUT2D eigenvalue weighted by Crippen LogP contribution is -2.44. The van der Waals surface area contributed by atoms with Gasteiger partial charge in [0.1, 0.15) is 16.5 Å². The van der Waals surface area contributed by atoms with Gasteiger partial charge in [0.05, 0.1) is 11.9 Å². The fraction of sp³-hybridized carbons (Fsp3) is 0.682. The number of anilines is 1. The van der Waals surface area contributed by atoms with Gasteiger partial charge in [0.25, 0.3) is 0 Å². The fourth-order valence-corrected chi connectivity index (χ4v) is 5.83. The molecule has 1 saturated heterocycles. The third-order valence-electron chi connectivity index (χ3n) is 6.56. The van der Waals surface area contributed by atoms with E-state index < -0.39 is 0 Å². The summed E-state index contributed by atoms with van der Waals surface area (Å²) in [7, 11) is 3.66. The molecule has 6 nitrogen and oxygen atoms in total. The second kappa shape index (κ2) is 7.84. The van der Waals surface area contributed by atoms with E-state index in [1.165, 1.54) is 59.2 Å². The maximum Gasteiger partial charge on any atom is 0.236 e. The van der Waals surface area contributed by atoms with Crippen LogP contribution in [0.4, 0.5) is 5.82 Å². The monoisotopic (exact) mass is 413 g/mol. The van der Waals surface area contributed by atoms with Crippen molar-refractivity contribution in [2.24, 2.45) is 0 Å². The van der Waals surface area contributed by atoms with Crippen LogP contribution in [-0.4, -0.2) is 65.4 Å². The molecule has 0 atom stereocenters. The zero-order valence-electron chi connectivity index (χ0n) is 17.5. The first-order chi connectivity index (χ1) is 14.1. The predicted octanol–water partition coefficient (Wildman–Crippen LogP) is 3.41. The fourth-order valence-electron chi connectivity index (χ4n) is 4.56. The van der Waals surface area contributed by atoms with Crippen LogP contribution in [0.2, 0.25) is 0 Å². The van der Waals surface area contributed by atoms with E-state index in [0.717, 1.165) is 37.6 Å². The average Bonchev–Trinajstić information content (AvgIpc) is 3.49. The Morgan fingerprint density at radius 3 is 2.62 bits per heavy atom. The first-order valence-corrected chi connectivity index (χ1v) is 11.9. The topological polar surface area (TPSA) is 61.4 Å². The molecule has 2 fully saturated rings. The van der Waals surface area contributed by atoms with Gasteiger partial charge >= 0.3 is 0 Å². The van der Waals surface area contributed by atoms with Gasteiger partial charge in [0, 0.05) is 44.0 Å². The summed E-state index contributed by atoms with van der Waals surface area (Å²) in [5, 5.41) is 5.12. The third kappa shape index (κ3) is 3.99. The SMILES string of the molecule is CN(C)C(=O)CN1CCC(Nc2nc(C3CC3)nc3sc4c(c23)CCCC4)CC1. The van der Waals surface area contributed by atoms with Crippen molar-refractivity contribution in [3.63, 3.8) is 0 Å². The van der Waals surface area contributed by atoms with E-state index in [1.807, 2.05) is 25.4 Å². The van der Waals surface area contributed by atoms with E-state index in [9.17, 15) is 4.79 Å². The van der Waals surface area contributed by atoms with Crippen molar-refractivity contribution in [1.29, 1.82) is 0 Å². The molecule has 5 rings (SSSR count). The molecule has 0 radical (unpaired) electrons. The van der Waals surface area contributed by atoms with E-state index in [2.05, 4.69) is 10.2 Å². The van der Waals surface area contributed by atoms with Crippen LogP contribution in [0.5, 0.6) is 0 Å². The summed E-state index contributed by atoms with van der Waals surface area (Å²) in [5.74, 6) is 2.89. The van der Waals surface area contributed by atoms with Crippen LogP contribution in [0.1, 0.15) is 60.7 Å². The molecule has 7 heteroatoms. The molecule has 1 N–H and O–H groups in total. The number of likely N-dealkylation sites (tertiary alicyclic amines) is 1. The summed E-state index contributed by atoms with van der Waals surface area (Å²) in [5.41, 5.74) is 1.51. The zero-order valence-corrected chi connectivity index (χ0v) is 18.4. The number of aryl methyl sites for hydroxylation is 2. The second-order valence-electron chi connectivity index (χ2n) is 9.08. The Bertz CT molecular complexity index is 912. The lowest BCUT2D eigenvalue weighted by atomic mass is 9.96. The van der Waals surface area contributed by atoms with Crippen LogP contribution in [-0.2, 0) is 17.6 Å². The summed E-state index contributed by atoms with van der Waals surface area (Å²) in [4.78, 5) is 28.7. The van der Waals surface area contributed by atoms with Gasteiger partial charge in [0.2, 0.25) is 5.91 Å². The molecule has 3 aliphatic rings. The quantitative estimate of drug-likeness (QED) is 0.814. The summed E-state index contributed by atoms with van der Waals surface area (Å²) in [6.07, 6.45) is 9.52. The molecule has 3 heterocycles. The van der Waals surface area contributed by atoms with Crippen molar-refractivity contribution in [3.05, 3.63) is 16.3 Å². The summed E-state index contributed by atoms with van der Waals surface area (Å²) < 4.78 is 0. The highest BCUT2D eigenvalue weighted by Crippen LogP contribution is 2.43. The molecule has 1 aliphatic heterocycles. The molecular formula is C22H31N5OS. The molecular weight excluding hydrogens is 382 g/mol. The summed E-state index contributed by atoms with van der Waals surface area (Å²) in [6.45, 7) is 2.45. The Morgan fingerprint density at radius 2 is 1.90 bits per heavy atom. The molecule has 156 valence electrons. The molecule has 29 heavy (non-hydrogen) atoms. The minimum absolute atomic E-state index is 0.188. The van der Waals surface area contributed by atoms with E-state index in [0.29, 0.717) is 18.5 Å². The van der Waals surface area contributed by atoms with Crippen molar-refractivity contribution in [1.82, 2.24) is 19.8 Å². The Balaban J connectivity index is 1.35. The third-order valence-corrected chi connectivity index (χ3v) is 7.75. The van der Waals surface area contributed by atoms with Gasteiger partial charge in [-0.2, -0.15) is 0 Å². The highest BCUT2D eigenvalue weighted by Gasteiger charge is 2.30. The van der Waals surface area contributed by atoms with Crippen molar-refractivity contribution >= 4 is 33.3 Å². The molecule has 0 bridgehead atoms. The van der Waals surface area contributed by atoms with Gasteiger partial charge in [-0.25, -0.2) is 9.97 Å². The number of hydrogen-bond donors (Lipinski definition) is 1. The van der Waals surface area contributed by atoms with E-state index >= 15 is 0 Å². The Morgan fingerprint density at radius 1 is 1.14 bits per heavy atom. The number of hydrogen-bond acceptors (Lipinski definition) is 6. The number of nitrogens with zero attached hydrogens (tertiary/aromatic N) is 4. The minimum atomic E-state index is 0.188. The number of carbonyl (C=O) groups is 1. The van der Waals surface area contributed by atoms with Crippen LogP contribution >= 0.6 is 11.3 Å². The predicted molar refractivity (Wildman–Crippen MR) is 118 cm³/mol. The molecule has 1 saturated carbocycles. The van der Waals surface area contributed by atoms with Gasteiger partial charge in [-0.15, -0.1) is 11.3 Å². The maximum absolute atomic E-state index is 12.0. The van der Waals surface area contributed by atoms with Gasteiger partial charge in [-0.05, 0) is 56.9 Å². The first kappa shape index (κ1) is 19.2. The maximum atomic E-state index is 12.0. The smallest absolute Gasteiger partial charge is 0.236 e. The van der Waals surface area contributed by atoms with Crippen LogP contribution in [0.15, 0.2) is 0 Å². The molecule has 2 aromatic heterocycles. The standard InChI is InChI=1S/C22H31N5OS/c1-26(2)18(28)13-27-11-9-15(10-12-27)23-21-19-16-5-3-4-6-17(16)29-22(19)25-20(24-21)14-7-8-14/h14-15H,3-13H2,1-2H3,(H,23,24,25). The van der Waals surface area contributed by atoms with Gasteiger partial charge < -0.3 is 10.2 Å². The average molecular weight is 414 g/mol. The number of fused-ring (bicyclic) bond motifs is 3. The number of nitrogens with one attached hydrogen (secondary N) is 1. The van der Waals surface area contributed by atoms with Crippen molar-refractivity contribution in [2.75, 3.05) is 39.0 Å². The summed E-state index contributed by atoms with van der Waals surface area (Å²) >= 11 is 1.90. The van der Waals surface area contributed by atoms with Crippen LogP contribution in [0.3, 0.4) is 0 Å². The number of amides is 1. The molecule has 0 unspecified atom stereocenters. The highest BCUT2D eigenvalue weighted by molar-refractivity contribution is 7.19. The van der Waals surface area contributed by atoms with Crippen LogP contribution in [0.25, 0.3) is 10.2 Å². The minimum Gasteiger partial charge on any atom is -0.367 e. The summed E-state index contributed by atoms with van der Waals surface area (Å²) in [6, 6.07) is 0.421. The number of thiophene rings is 1. The molecule has 2 aromatic rings. The van der Waals surface area contributed by atoms with E-state index in [4.69, 9.17) is 9.97 Å². The van der Waals surface area contributed by atoms with Gasteiger partial charge in [0.15, 0.2) is 0 Å². The Hall–Kier alpha value is -1.73. The lowest BCUT2D eigenvalue weighted by Gasteiger charge is -2.32. The molecule has 2 aliphatic carbocycles. The number of rotatable bonds is 5. The number of likely N-dealkylation sites (N-methyl/N-ethyl adjacent to an activating group) is 1. The lowest BCUT2D eigenvalue weighted by molar-refractivity contribution is -0.130. The Kier molecular flexibility index (Phi) is 5.20. The molecule has 0 spiro atoms.